The van der Waals surface area contributed by atoms with Gasteiger partial charge < -0.3 is 14.7 Å². The third-order valence-electron chi connectivity index (χ3n) is 3.32. The summed E-state index contributed by atoms with van der Waals surface area (Å²) in [7, 11) is -0.503. The van der Waals surface area contributed by atoms with Crippen LogP contribution in [0.5, 0.6) is 0 Å². The molecule has 0 spiro atoms. The minimum Gasteiger partial charge on any atom is -0.479 e. The van der Waals surface area contributed by atoms with Crippen molar-refractivity contribution in [2.75, 3.05) is 38.7 Å². The highest BCUT2D eigenvalue weighted by atomic mass is 32.2. The van der Waals surface area contributed by atoms with E-state index in [-0.39, 0.29) is 11.4 Å². The Kier molecular flexibility index (Phi) is 4.50. The molecule has 1 aliphatic heterocycles. The van der Waals surface area contributed by atoms with Gasteiger partial charge in [0.2, 0.25) is 10.0 Å². The van der Waals surface area contributed by atoms with E-state index in [1.807, 2.05) is 4.90 Å². The smallest absolute Gasteiger partial charge is 0.334 e. The zero-order chi connectivity index (χ0) is 15.6. The van der Waals surface area contributed by atoms with Gasteiger partial charge in [0.05, 0.1) is 18.0 Å². The number of aliphatic carboxylic acids is 1. The largest absolute Gasteiger partial charge is 0.479 e. The Hall–Kier alpha value is -1.64. The minimum atomic E-state index is -3.45. The Bertz CT molecular complexity index is 612. The van der Waals surface area contributed by atoms with Gasteiger partial charge in [0.15, 0.2) is 6.10 Å². The molecule has 8 heteroatoms. The lowest BCUT2D eigenvalue weighted by Crippen LogP contribution is -2.46. The third kappa shape index (κ3) is 3.34. The molecule has 0 saturated carbocycles. The van der Waals surface area contributed by atoms with Crippen LogP contribution in [0.15, 0.2) is 29.2 Å². The molecule has 1 fully saturated rings. The summed E-state index contributed by atoms with van der Waals surface area (Å²) in [6, 6.07) is 6.41. The van der Waals surface area contributed by atoms with Gasteiger partial charge in [-0.25, -0.2) is 17.5 Å². The number of nitrogens with zero attached hydrogens (tertiary/aromatic N) is 2. The van der Waals surface area contributed by atoms with Crippen molar-refractivity contribution in [3.8, 4) is 0 Å². The summed E-state index contributed by atoms with van der Waals surface area (Å²) in [5.41, 5.74) is 0.780. The number of anilines is 1. The summed E-state index contributed by atoms with van der Waals surface area (Å²) >= 11 is 0. The molecule has 1 atom stereocenters. The molecule has 0 aromatic heterocycles. The number of rotatable bonds is 4. The zero-order valence-electron chi connectivity index (χ0n) is 11.9. The number of carboxylic acids is 1. The number of ether oxygens (including phenoxy) is 1. The number of carbonyl (C=O) groups is 1. The second-order valence-electron chi connectivity index (χ2n) is 4.93. The fourth-order valence-corrected chi connectivity index (χ4v) is 2.97. The van der Waals surface area contributed by atoms with E-state index in [9.17, 15) is 13.2 Å². The highest BCUT2D eigenvalue weighted by Crippen LogP contribution is 2.21. The van der Waals surface area contributed by atoms with Crippen LogP contribution in [-0.2, 0) is 19.6 Å². The van der Waals surface area contributed by atoms with E-state index in [1.165, 1.54) is 26.2 Å². The first kappa shape index (κ1) is 15.7. The fourth-order valence-electron chi connectivity index (χ4n) is 2.07. The van der Waals surface area contributed by atoms with Gasteiger partial charge in [0.1, 0.15) is 0 Å². The lowest BCUT2D eigenvalue weighted by molar-refractivity contribution is -0.150. The van der Waals surface area contributed by atoms with E-state index in [0.29, 0.717) is 13.2 Å². The molecule has 0 radical (unpaired) electrons. The molecule has 0 bridgehead atoms. The molecule has 116 valence electrons. The summed E-state index contributed by atoms with van der Waals surface area (Å²) < 4.78 is 30.3. The summed E-state index contributed by atoms with van der Waals surface area (Å²) in [5, 5.41) is 8.98. The van der Waals surface area contributed by atoms with Gasteiger partial charge in [0.25, 0.3) is 0 Å². The molecule has 1 aromatic rings. The molecular formula is C13H18N2O5S. The van der Waals surface area contributed by atoms with Crippen LogP contribution in [0.2, 0.25) is 0 Å². The van der Waals surface area contributed by atoms with Crippen molar-refractivity contribution in [3.63, 3.8) is 0 Å². The van der Waals surface area contributed by atoms with Crippen LogP contribution < -0.4 is 4.90 Å². The van der Waals surface area contributed by atoms with Gasteiger partial charge in [-0.05, 0) is 24.3 Å². The number of benzene rings is 1. The maximum atomic E-state index is 12.0. The summed E-state index contributed by atoms with van der Waals surface area (Å²) in [4.78, 5) is 13.0. The molecule has 1 N–H and O–H groups in total. The van der Waals surface area contributed by atoms with Crippen LogP contribution in [0, 0.1) is 0 Å². The van der Waals surface area contributed by atoms with E-state index in [2.05, 4.69) is 0 Å². The highest BCUT2D eigenvalue weighted by Gasteiger charge is 2.26. The van der Waals surface area contributed by atoms with Crippen molar-refractivity contribution in [2.45, 2.75) is 11.0 Å². The van der Waals surface area contributed by atoms with E-state index < -0.39 is 22.1 Å². The van der Waals surface area contributed by atoms with Crippen molar-refractivity contribution >= 4 is 21.7 Å². The molecule has 1 saturated heterocycles. The molecule has 7 nitrogen and oxygen atoms in total. The molecule has 21 heavy (non-hydrogen) atoms. The first-order valence-corrected chi connectivity index (χ1v) is 7.88. The van der Waals surface area contributed by atoms with E-state index >= 15 is 0 Å². The van der Waals surface area contributed by atoms with Crippen LogP contribution in [0.25, 0.3) is 0 Å². The van der Waals surface area contributed by atoms with Crippen LogP contribution >= 0.6 is 0 Å². The summed E-state index contributed by atoms with van der Waals surface area (Å²) in [6.45, 7) is 1.15. The lowest BCUT2D eigenvalue weighted by Gasteiger charge is -2.32. The lowest BCUT2D eigenvalue weighted by atomic mass is 10.2. The average molecular weight is 314 g/mol. The number of sulfonamides is 1. The number of morpholine rings is 1. The van der Waals surface area contributed by atoms with Gasteiger partial charge in [-0.15, -0.1) is 0 Å². The van der Waals surface area contributed by atoms with Gasteiger partial charge >= 0.3 is 5.97 Å². The van der Waals surface area contributed by atoms with Gasteiger partial charge in [-0.1, -0.05) is 0 Å². The molecule has 1 aliphatic rings. The second kappa shape index (κ2) is 6.00. The first-order chi connectivity index (χ1) is 9.82. The molecule has 2 rings (SSSR count). The van der Waals surface area contributed by atoms with Crippen molar-refractivity contribution < 1.29 is 23.1 Å². The van der Waals surface area contributed by atoms with Crippen LogP contribution in [-0.4, -0.2) is 63.7 Å². The Balaban J connectivity index is 2.18. The van der Waals surface area contributed by atoms with Gasteiger partial charge in [0, 0.05) is 26.3 Å². The first-order valence-electron chi connectivity index (χ1n) is 6.44. The maximum absolute atomic E-state index is 12.0. The van der Waals surface area contributed by atoms with Crippen molar-refractivity contribution in [2.24, 2.45) is 0 Å². The van der Waals surface area contributed by atoms with Crippen molar-refractivity contribution in [1.82, 2.24) is 4.31 Å². The average Bonchev–Trinajstić information content (AvgIpc) is 2.47. The summed E-state index contributed by atoms with van der Waals surface area (Å²) in [6.07, 6.45) is -0.857. The fraction of sp³-hybridized carbons (Fsp3) is 0.462. The molecule has 0 aliphatic carbocycles. The molecule has 1 aromatic carbocycles. The summed E-state index contributed by atoms with van der Waals surface area (Å²) in [5.74, 6) is -0.994. The minimum absolute atomic E-state index is 0.208. The van der Waals surface area contributed by atoms with E-state index in [0.717, 1.165) is 9.99 Å². The number of hydrogen-bond acceptors (Lipinski definition) is 5. The monoisotopic (exact) mass is 314 g/mol. The second-order valence-corrected chi connectivity index (χ2v) is 7.08. The van der Waals surface area contributed by atoms with Crippen LogP contribution in [0.4, 0.5) is 5.69 Å². The SMILES string of the molecule is CN(C)S(=O)(=O)c1ccc(N2CCOC(C(=O)O)C2)cc1. The van der Waals surface area contributed by atoms with Crippen molar-refractivity contribution in [3.05, 3.63) is 24.3 Å². The topological polar surface area (TPSA) is 87.2 Å². The maximum Gasteiger partial charge on any atom is 0.334 e. The predicted molar refractivity (Wildman–Crippen MR) is 76.9 cm³/mol. The normalized spacial score (nSPS) is 19.8. The van der Waals surface area contributed by atoms with Crippen LogP contribution in [0.1, 0.15) is 0 Å². The van der Waals surface area contributed by atoms with E-state index in [4.69, 9.17) is 9.84 Å². The predicted octanol–water partition coefficient (Wildman–Crippen LogP) is 0.227. The molecular weight excluding hydrogens is 296 g/mol. The Morgan fingerprint density at radius 3 is 2.48 bits per heavy atom. The molecule has 1 unspecified atom stereocenters. The van der Waals surface area contributed by atoms with E-state index in [1.54, 1.807) is 12.1 Å². The molecule has 1 heterocycles. The van der Waals surface area contributed by atoms with Crippen LogP contribution in [0.3, 0.4) is 0 Å². The Labute approximate surface area is 123 Å². The van der Waals surface area contributed by atoms with Gasteiger partial charge in [-0.3, -0.25) is 0 Å². The Morgan fingerprint density at radius 1 is 1.33 bits per heavy atom. The standard InChI is InChI=1S/C13H18N2O5S/c1-14(2)21(18,19)11-5-3-10(4-6-11)15-7-8-20-12(9-15)13(16)17/h3-6,12H,7-9H2,1-2H3,(H,16,17). The quantitative estimate of drug-likeness (QED) is 0.856. The number of hydrogen-bond donors (Lipinski definition) is 1. The molecule has 0 amide bonds. The highest BCUT2D eigenvalue weighted by molar-refractivity contribution is 7.89. The van der Waals surface area contributed by atoms with Crippen molar-refractivity contribution in [1.29, 1.82) is 0 Å². The third-order valence-corrected chi connectivity index (χ3v) is 5.15. The number of carboxylic acid groups (broad SMARTS) is 1. The zero-order valence-corrected chi connectivity index (χ0v) is 12.7. The Morgan fingerprint density at radius 2 is 1.95 bits per heavy atom. The van der Waals surface area contributed by atoms with Gasteiger partial charge in [-0.2, -0.15) is 0 Å².